The fraction of sp³-hybridized carbons (Fsp3) is 0.385. The van der Waals surface area contributed by atoms with Crippen LogP contribution in [0.25, 0.3) is 0 Å². The molecule has 1 aromatic rings. The summed E-state index contributed by atoms with van der Waals surface area (Å²) in [6.07, 6.45) is 1.30. The Balaban J connectivity index is 2.31. The van der Waals surface area contributed by atoms with E-state index in [9.17, 15) is 9.59 Å². The normalized spacial score (nSPS) is 19.0. The van der Waals surface area contributed by atoms with E-state index in [0.29, 0.717) is 18.5 Å². The average Bonchev–Trinajstić information content (AvgIpc) is 2.80. The Bertz CT molecular complexity index is 501. The van der Waals surface area contributed by atoms with Gasteiger partial charge in [0.1, 0.15) is 6.04 Å². The van der Waals surface area contributed by atoms with Gasteiger partial charge < -0.3 is 10.0 Å². The first-order valence-corrected chi connectivity index (χ1v) is 6.88. The van der Waals surface area contributed by atoms with Crippen LogP contribution >= 0.6 is 22.6 Å². The molecule has 1 atom stereocenters. The fourth-order valence-corrected chi connectivity index (χ4v) is 2.79. The monoisotopic (exact) mass is 359 g/mol. The molecule has 18 heavy (non-hydrogen) atoms. The highest BCUT2D eigenvalue weighted by Gasteiger charge is 2.34. The molecule has 96 valence electrons. The second kappa shape index (κ2) is 5.26. The topological polar surface area (TPSA) is 57.6 Å². The number of nitrogens with zero attached hydrogens (tertiary/aromatic N) is 1. The Morgan fingerprint density at radius 1 is 1.44 bits per heavy atom. The second-order valence-electron chi connectivity index (χ2n) is 4.48. The van der Waals surface area contributed by atoms with E-state index in [1.165, 1.54) is 4.90 Å². The number of benzene rings is 1. The van der Waals surface area contributed by atoms with Crippen molar-refractivity contribution in [2.75, 3.05) is 6.54 Å². The van der Waals surface area contributed by atoms with Gasteiger partial charge >= 0.3 is 5.97 Å². The van der Waals surface area contributed by atoms with Crippen molar-refractivity contribution in [3.8, 4) is 0 Å². The van der Waals surface area contributed by atoms with Crippen molar-refractivity contribution in [2.24, 2.45) is 0 Å². The molecule has 0 aliphatic carbocycles. The molecule has 1 fully saturated rings. The van der Waals surface area contributed by atoms with Gasteiger partial charge in [0.15, 0.2) is 0 Å². The molecule has 1 saturated heterocycles. The molecular weight excluding hydrogens is 345 g/mol. The summed E-state index contributed by atoms with van der Waals surface area (Å²) in [7, 11) is 0. The number of carboxylic acids is 1. The number of rotatable bonds is 2. The number of amides is 1. The Kier molecular flexibility index (Phi) is 3.89. The Hall–Kier alpha value is -1.11. The maximum absolute atomic E-state index is 12.4. The molecule has 1 N–H and O–H groups in total. The molecular formula is C13H14INO3. The summed E-state index contributed by atoms with van der Waals surface area (Å²) in [5, 5.41) is 9.11. The average molecular weight is 359 g/mol. The Morgan fingerprint density at radius 2 is 2.17 bits per heavy atom. The van der Waals surface area contributed by atoms with Gasteiger partial charge in [-0.05, 0) is 54.5 Å². The van der Waals surface area contributed by atoms with Crippen LogP contribution in [-0.4, -0.2) is 34.5 Å². The zero-order valence-electron chi connectivity index (χ0n) is 10.0. The van der Waals surface area contributed by atoms with Crippen molar-refractivity contribution in [3.05, 3.63) is 32.9 Å². The molecule has 0 unspecified atom stereocenters. The second-order valence-corrected chi connectivity index (χ2v) is 5.64. The number of hydrogen-bond acceptors (Lipinski definition) is 2. The van der Waals surface area contributed by atoms with Crippen LogP contribution in [0.4, 0.5) is 0 Å². The molecule has 1 heterocycles. The van der Waals surface area contributed by atoms with Crippen LogP contribution in [0.3, 0.4) is 0 Å². The van der Waals surface area contributed by atoms with E-state index in [4.69, 9.17) is 5.11 Å². The Morgan fingerprint density at radius 3 is 2.83 bits per heavy atom. The van der Waals surface area contributed by atoms with E-state index < -0.39 is 12.0 Å². The summed E-state index contributed by atoms with van der Waals surface area (Å²) in [6.45, 7) is 2.45. The first-order chi connectivity index (χ1) is 8.50. The molecule has 1 aliphatic heterocycles. The number of aryl methyl sites for hydroxylation is 1. The van der Waals surface area contributed by atoms with Crippen molar-refractivity contribution in [1.29, 1.82) is 0 Å². The first-order valence-electron chi connectivity index (χ1n) is 5.80. The Labute approximate surface area is 119 Å². The number of carboxylic acid groups (broad SMARTS) is 1. The lowest BCUT2D eigenvalue weighted by atomic mass is 10.1. The summed E-state index contributed by atoms with van der Waals surface area (Å²) in [4.78, 5) is 25.0. The van der Waals surface area contributed by atoms with Gasteiger partial charge in [-0.25, -0.2) is 4.79 Å². The van der Waals surface area contributed by atoms with Gasteiger partial charge in [0.05, 0.1) is 5.56 Å². The van der Waals surface area contributed by atoms with Crippen LogP contribution in [0.5, 0.6) is 0 Å². The van der Waals surface area contributed by atoms with Gasteiger partial charge in [0.25, 0.3) is 5.91 Å². The van der Waals surface area contributed by atoms with Gasteiger partial charge in [0.2, 0.25) is 0 Å². The summed E-state index contributed by atoms with van der Waals surface area (Å²) in [5.74, 6) is -1.09. The zero-order chi connectivity index (χ0) is 13.3. The summed E-state index contributed by atoms with van der Waals surface area (Å²) < 4.78 is 0.860. The molecule has 2 rings (SSSR count). The maximum atomic E-state index is 12.4. The van der Waals surface area contributed by atoms with E-state index in [-0.39, 0.29) is 5.91 Å². The van der Waals surface area contributed by atoms with Crippen LogP contribution in [-0.2, 0) is 4.79 Å². The molecule has 4 nitrogen and oxygen atoms in total. The molecule has 0 spiro atoms. The minimum absolute atomic E-state index is 0.173. The molecule has 1 aliphatic rings. The molecule has 0 radical (unpaired) electrons. The molecule has 0 saturated carbocycles. The minimum Gasteiger partial charge on any atom is -0.480 e. The smallest absolute Gasteiger partial charge is 0.326 e. The molecule has 1 aromatic carbocycles. The predicted octanol–water partition coefficient (Wildman–Crippen LogP) is 2.29. The highest BCUT2D eigenvalue weighted by molar-refractivity contribution is 14.1. The number of carbonyl (C=O) groups excluding carboxylic acids is 1. The number of carbonyl (C=O) groups is 2. The van der Waals surface area contributed by atoms with Crippen LogP contribution in [0, 0.1) is 10.5 Å². The van der Waals surface area contributed by atoms with Gasteiger partial charge in [-0.2, -0.15) is 0 Å². The summed E-state index contributed by atoms with van der Waals surface area (Å²) in [6, 6.07) is 4.97. The van der Waals surface area contributed by atoms with E-state index in [2.05, 4.69) is 22.6 Å². The zero-order valence-corrected chi connectivity index (χ0v) is 12.2. The molecule has 0 aromatic heterocycles. The SMILES string of the molecule is Cc1ccc(I)c(C(=O)N2CCC[C@@H]2C(=O)O)c1. The number of aliphatic carboxylic acids is 1. The van der Waals surface area contributed by atoms with E-state index in [1.54, 1.807) is 0 Å². The van der Waals surface area contributed by atoms with Crippen molar-refractivity contribution in [2.45, 2.75) is 25.8 Å². The first kappa shape index (κ1) is 13.3. The van der Waals surface area contributed by atoms with Gasteiger partial charge in [-0.1, -0.05) is 11.6 Å². The standard InChI is InChI=1S/C13H14INO3/c1-8-4-5-10(14)9(7-8)12(16)15-6-2-3-11(15)13(17)18/h4-5,7,11H,2-3,6H2,1H3,(H,17,18)/t11-/m1/s1. The van der Waals surface area contributed by atoms with E-state index in [0.717, 1.165) is 15.6 Å². The lowest BCUT2D eigenvalue weighted by molar-refractivity contribution is -0.141. The summed E-state index contributed by atoms with van der Waals surface area (Å²) >= 11 is 2.11. The highest BCUT2D eigenvalue weighted by Crippen LogP contribution is 2.23. The van der Waals surface area contributed by atoms with Crippen LogP contribution in [0.1, 0.15) is 28.8 Å². The number of halogens is 1. The third-order valence-electron chi connectivity index (χ3n) is 3.15. The minimum atomic E-state index is -0.913. The molecule has 1 amide bonds. The van der Waals surface area contributed by atoms with Crippen LogP contribution in [0.15, 0.2) is 18.2 Å². The van der Waals surface area contributed by atoms with Crippen molar-refractivity contribution >= 4 is 34.5 Å². The molecule has 0 bridgehead atoms. The quantitative estimate of drug-likeness (QED) is 0.825. The predicted molar refractivity (Wildman–Crippen MR) is 75.6 cm³/mol. The van der Waals surface area contributed by atoms with Crippen molar-refractivity contribution in [1.82, 2.24) is 4.90 Å². The van der Waals surface area contributed by atoms with E-state index >= 15 is 0 Å². The van der Waals surface area contributed by atoms with Crippen molar-refractivity contribution < 1.29 is 14.7 Å². The van der Waals surface area contributed by atoms with Gasteiger partial charge in [-0.15, -0.1) is 0 Å². The lowest BCUT2D eigenvalue weighted by Gasteiger charge is -2.22. The third kappa shape index (κ3) is 2.50. The fourth-order valence-electron chi connectivity index (χ4n) is 2.22. The lowest BCUT2D eigenvalue weighted by Crippen LogP contribution is -2.40. The number of likely N-dealkylation sites (tertiary alicyclic amines) is 1. The summed E-state index contributed by atoms with van der Waals surface area (Å²) in [5.41, 5.74) is 1.61. The van der Waals surface area contributed by atoms with Crippen LogP contribution < -0.4 is 0 Å². The van der Waals surface area contributed by atoms with Crippen LogP contribution in [0.2, 0.25) is 0 Å². The van der Waals surface area contributed by atoms with Crippen molar-refractivity contribution in [3.63, 3.8) is 0 Å². The van der Waals surface area contributed by atoms with E-state index in [1.807, 2.05) is 25.1 Å². The third-order valence-corrected chi connectivity index (χ3v) is 4.09. The largest absolute Gasteiger partial charge is 0.480 e. The van der Waals surface area contributed by atoms with Gasteiger partial charge in [-0.3, -0.25) is 4.79 Å². The maximum Gasteiger partial charge on any atom is 0.326 e. The molecule has 5 heteroatoms. The number of hydrogen-bond donors (Lipinski definition) is 1. The van der Waals surface area contributed by atoms with Gasteiger partial charge in [0, 0.05) is 10.1 Å². The highest BCUT2D eigenvalue weighted by atomic mass is 127.